The summed E-state index contributed by atoms with van der Waals surface area (Å²) in [5, 5.41) is 9.19. The molecule has 1 aliphatic carbocycles. The number of hydrogen-bond donors (Lipinski definition) is 1. The molecular formula is C14H17NO2. The monoisotopic (exact) mass is 231 g/mol. The number of benzene rings is 1. The van der Waals surface area contributed by atoms with Crippen LogP contribution in [-0.4, -0.2) is 35.1 Å². The summed E-state index contributed by atoms with van der Waals surface area (Å²) >= 11 is 0. The third kappa shape index (κ3) is 1.84. The molecule has 0 saturated carbocycles. The second-order valence-corrected chi connectivity index (χ2v) is 5.05. The minimum atomic E-state index is -0.788. The van der Waals surface area contributed by atoms with Crippen molar-refractivity contribution < 1.29 is 9.90 Å². The van der Waals surface area contributed by atoms with Crippen LogP contribution in [-0.2, 0) is 12.8 Å². The van der Waals surface area contributed by atoms with Gasteiger partial charge in [-0.15, -0.1) is 0 Å². The molecule has 3 nitrogen and oxygen atoms in total. The molecule has 0 aromatic heterocycles. The summed E-state index contributed by atoms with van der Waals surface area (Å²) in [5.74, 6) is -0.788. The number of likely N-dealkylation sites (tertiary alicyclic amines) is 1. The van der Waals surface area contributed by atoms with Crippen LogP contribution < -0.4 is 0 Å². The molecular weight excluding hydrogens is 214 g/mol. The summed E-state index contributed by atoms with van der Waals surface area (Å²) in [4.78, 5) is 13.7. The molecule has 1 heterocycles. The van der Waals surface area contributed by atoms with Gasteiger partial charge in [-0.1, -0.05) is 12.1 Å². The predicted molar refractivity (Wildman–Crippen MR) is 65.4 cm³/mol. The van der Waals surface area contributed by atoms with Gasteiger partial charge in [0.05, 0.1) is 5.56 Å². The molecule has 1 unspecified atom stereocenters. The van der Waals surface area contributed by atoms with E-state index >= 15 is 0 Å². The zero-order chi connectivity index (χ0) is 11.8. The topological polar surface area (TPSA) is 40.5 Å². The Morgan fingerprint density at radius 3 is 2.71 bits per heavy atom. The molecule has 0 amide bonds. The van der Waals surface area contributed by atoms with Crippen molar-refractivity contribution in [3.63, 3.8) is 0 Å². The Balaban J connectivity index is 1.87. The van der Waals surface area contributed by atoms with Crippen molar-refractivity contribution >= 4 is 5.97 Å². The first-order valence-electron chi connectivity index (χ1n) is 6.34. The van der Waals surface area contributed by atoms with Crippen molar-refractivity contribution in [2.45, 2.75) is 31.7 Å². The third-order valence-corrected chi connectivity index (χ3v) is 4.06. The Bertz CT molecular complexity index is 450. The van der Waals surface area contributed by atoms with E-state index in [0.29, 0.717) is 11.6 Å². The van der Waals surface area contributed by atoms with Gasteiger partial charge in [-0.3, -0.25) is 4.90 Å². The Kier molecular flexibility index (Phi) is 2.63. The van der Waals surface area contributed by atoms with Crippen molar-refractivity contribution in [2.24, 2.45) is 0 Å². The van der Waals surface area contributed by atoms with Crippen LogP contribution in [0.15, 0.2) is 18.2 Å². The Morgan fingerprint density at radius 1 is 1.24 bits per heavy atom. The first-order valence-corrected chi connectivity index (χ1v) is 6.34. The smallest absolute Gasteiger partial charge is 0.335 e. The average molecular weight is 231 g/mol. The molecule has 1 fully saturated rings. The summed E-state index contributed by atoms with van der Waals surface area (Å²) in [5.41, 5.74) is 2.81. The SMILES string of the molecule is O=C(O)c1cccc2c1CC(N1CCCC1)C2. The molecule has 0 bridgehead atoms. The van der Waals surface area contributed by atoms with Crippen LogP contribution >= 0.6 is 0 Å². The van der Waals surface area contributed by atoms with Crippen LogP contribution in [0.2, 0.25) is 0 Å². The van der Waals surface area contributed by atoms with Gasteiger partial charge in [0.15, 0.2) is 0 Å². The maximum atomic E-state index is 11.2. The van der Waals surface area contributed by atoms with E-state index in [1.807, 2.05) is 6.07 Å². The molecule has 0 spiro atoms. The van der Waals surface area contributed by atoms with Crippen molar-refractivity contribution in [2.75, 3.05) is 13.1 Å². The Labute approximate surface area is 101 Å². The van der Waals surface area contributed by atoms with Crippen LogP contribution in [0.3, 0.4) is 0 Å². The summed E-state index contributed by atoms with van der Waals surface area (Å²) in [6.45, 7) is 2.36. The van der Waals surface area contributed by atoms with Crippen LogP contribution in [0.1, 0.15) is 34.3 Å². The molecule has 1 aromatic carbocycles. The van der Waals surface area contributed by atoms with Gasteiger partial charge in [0, 0.05) is 6.04 Å². The largest absolute Gasteiger partial charge is 0.478 e. The van der Waals surface area contributed by atoms with Gasteiger partial charge in [0.25, 0.3) is 0 Å². The standard InChI is InChI=1S/C14H17NO2/c16-14(17)12-5-3-4-10-8-11(9-13(10)12)15-6-1-2-7-15/h3-5,11H,1-2,6-9H2,(H,16,17). The summed E-state index contributed by atoms with van der Waals surface area (Å²) in [7, 11) is 0. The molecule has 0 radical (unpaired) electrons. The van der Waals surface area contributed by atoms with Gasteiger partial charge in [-0.25, -0.2) is 4.79 Å². The number of fused-ring (bicyclic) bond motifs is 1. The van der Waals surface area contributed by atoms with E-state index in [0.717, 1.165) is 18.4 Å². The lowest BCUT2D eigenvalue weighted by Crippen LogP contribution is -2.33. The zero-order valence-corrected chi connectivity index (χ0v) is 9.85. The number of carboxylic acid groups (broad SMARTS) is 1. The lowest BCUT2D eigenvalue weighted by Gasteiger charge is -2.22. The van der Waals surface area contributed by atoms with Gasteiger partial charge < -0.3 is 5.11 Å². The molecule has 2 aliphatic rings. The van der Waals surface area contributed by atoms with Crippen LogP contribution in [0, 0.1) is 0 Å². The second-order valence-electron chi connectivity index (χ2n) is 5.05. The number of aromatic carboxylic acids is 1. The molecule has 90 valence electrons. The average Bonchev–Trinajstić information content (AvgIpc) is 2.96. The zero-order valence-electron chi connectivity index (χ0n) is 9.85. The molecule has 3 rings (SSSR count). The van der Waals surface area contributed by atoms with Crippen LogP contribution in [0.5, 0.6) is 0 Å². The van der Waals surface area contributed by atoms with Gasteiger partial charge >= 0.3 is 5.97 Å². The summed E-state index contributed by atoms with van der Waals surface area (Å²) < 4.78 is 0. The van der Waals surface area contributed by atoms with Crippen molar-refractivity contribution in [3.8, 4) is 0 Å². The van der Waals surface area contributed by atoms with E-state index in [4.69, 9.17) is 0 Å². The van der Waals surface area contributed by atoms with E-state index in [2.05, 4.69) is 11.0 Å². The quantitative estimate of drug-likeness (QED) is 0.845. The maximum Gasteiger partial charge on any atom is 0.335 e. The molecule has 1 aliphatic heterocycles. The molecule has 3 heteroatoms. The fourth-order valence-electron chi connectivity index (χ4n) is 3.19. The fraction of sp³-hybridized carbons (Fsp3) is 0.500. The summed E-state index contributed by atoms with van der Waals surface area (Å²) in [6, 6.07) is 6.22. The third-order valence-electron chi connectivity index (χ3n) is 4.06. The van der Waals surface area contributed by atoms with E-state index in [-0.39, 0.29) is 0 Å². The second kappa shape index (κ2) is 4.15. The van der Waals surface area contributed by atoms with Gasteiger partial charge in [0.1, 0.15) is 0 Å². The van der Waals surface area contributed by atoms with Crippen molar-refractivity contribution in [1.82, 2.24) is 4.90 Å². The summed E-state index contributed by atoms with van der Waals surface area (Å²) in [6.07, 6.45) is 4.52. The highest BCUT2D eigenvalue weighted by Gasteiger charge is 2.30. The van der Waals surface area contributed by atoms with E-state index in [1.54, 1.807) is 6.07 Å². The lowest BCUT2D eigenvalue weighted by atomic mass is 10.0. The van der Waals surface area contributed by atoms with Crippen LogP contribution in [0.25, 0.3) is 0 Å². The normalized spacial score (nSPS) is 23.9. The van der Waals surface area contributed by atoms with Gasteiger partial charge in [-0.2, -0.15) is 0 Å². The molecule has 1 saturated heterocycles. The molecule has 1 atom stereocenters. The Hall–Kier alpha value is -1.35. The number of rotatable bonds is 2. The number of carboxylic acids is 1. The maximum absolute atomic E-state index is 11.2. The first kappa shape index (κ1) is 10.8. The highest BCUT2D eigenvalue weighted by Crippen LogP contribution is 2.30. The molecule has 1 N–H and O–H groups in total. The first-order chi connectivity index (χ1) is 8.25. The lowest BCUT2D eigenvalue weighted by molar-refractivity contribution is 0.0695. The highest BCUT2D eigenvalue weighted by molar-refractivity contribution is 5.90. The minimum Gasteiger partial charge on any atom is -0.478 e. The Morgan fingerprint density at radius 2 is 2.00 bits per heavy atom. The number of nitrogens with zero attached hydrogens (tertiary/aromatic N) is 1. The fourth-order valence-corrected chi connectivity index (χ4v) is 3.19. The number of carbonyl (C=O) groups is 1. The highest BCUT2D eigenvalue weighted by atomic mass is 16.4. The molecule has 17 heavy (non-hydrogen) atoms. The molecule has 1 aromatic rings. The number of hydrogen-bond acceptors (Lipinski definition) is 2. The predicted octanol–water partition coefficient (Wildman–Crippen LogP) is 1.95. The van der Waals surface area contributed by atoms with E-state index in [9.17, 15) is 9.90 Å². The van der Waals surface area contributed by atoms with E-state index < -0.39 is 5.97 Å². The van der Waals surface area contributed by atoms with E-state index in [1.165, 1.54) is 31.5 Å². The van der Waals surface area contributed by atoms with Gasteiger partial charge in [0.2, 0.25) is 0 Å². The minimum absolute atomic E-state index is 0.504. The van der Waals surface area contributed by atoms with Crippen molar-refractivity contribution in [3.05, 3.63) is 34.9 Å². The van der Waals surface area contributed by atoms with Gasteiger partial charge in [-0.05, 0) is 56.0 Å². The van der Waals surface area contributed by atoms with Crippen molar-refractivity contribution in [1.29, 1.82) is 0 Å². The van der Waals surface area contributed by atoms with Crippen LogP contribution in [0.4, 0.5) is 0 Å².